The normalized spacial score (nSPS) is 18.8. The van der Waals surface area contributed by atoms with Gasteiger partial charge in [-0.2, -0.15) is 0 Å². The third-order valence-electron chi connectivity index (χ3n) is 3.96. The first-order valence-corrected chi connectivity index (χ1v) is 7.79. The molecule has 0 aliphatic carbocycles. The van der Waals surface area contributed by atoms with Crippen LogP contribution in [0.5, 0.6) is 0 Å². The first-order chi connectivity index (χ1) is 10.2. The number of aromatic amines is 1. The van der Waals surface area contributed by atoms with Crippen LogP contribution in [0.2, 0.25) is 0 Å². The van der Waals surface area contributed by atoms with Crippen molar-refractivity contribution in [1.29, 1.82) is 0 Å². The molecule has 6 heteroatoms. The molecule has 5 nitrogen and oxygen atoms in total. The van der Waals surface area contributed by atoms with Crippen LogP contribution in [-0.4, -0.2) is 27.2 Å². The van der Waals surface area contributed by atoms with Crippen molar-refractivity contribution in [2.24, 2.45) is 0 Å². The molecule has 0 unspecified atom stereocenters. The fraction of sp³-hybridized carbons (Fsp3) is 0.333. The van der Waals surface area contributed by atoms with Crippen LogP contribution in [0.1, 0.15) is 12.8 Å². The molecule has 3 aromatic rings. The van der Waals surface area contributed by atoms with Gasteiger partial charge < -0.3 is 9.72 Å². The molecular weight excluding hydrogens is 334 g/mol. The van der Waals surface area contributed by atoms with Crippen molar-refractivity contribution in [1.82, 2.24) is 14.5 Å². The van der Waals surface area contributed by atoms with E-state index in [9.17, 15) is 4.79 Å². The largest absolute Gasteiger partial charge is 0.376 e. The highest BCUT2D eigenvalue weighted by molar-refractivity contribution is 9.10. The van der Waals surface area contributed by atoms with E-state index in [0.29, 0.717) is 12.1 Å². The second-order valence-corrected chi connectivity index (χ2v) is 6.29. The zero-order valence-electron chi connectivity index (χ0n) is 11.3. The SMILES string of the molecule is O=c1c2[nH]c3ccc(Br)cc3c2ncn1C[C@@H]1CCCO1. The molecule has 3 heterocycles. The van der Waals surface area contributed by atoms with Gasteiger partial charge in [0.25, 0.3) is 5.56 Å². The van der Waals surface area contributed by atoms with Crippen LogP contribution in [0.15, 0.2) is 33.8 Å². The number of ether oxygens (including phenoxy) is 1. The molecule has 21 heavy (non-hydrogen) atoms. The Labute approximate surface area is 129 Å². The smallest absolute Gasteiger partial charge is 0.277 e. The maximum Gasteiger partial charge on any atom is 0.277 e. The summed E-state index contributed by atoms with van der Waals surface area (Å²) in [4.78, 5) is 20.2. The Kier molecular flexibility index (Phi) is 3.08. The minimum absolute atomic E-state index is 0.0391. The molecular formula is C15H14BrN3O2. The number of H-pyrrole nitrogens is 1. The van der Waals surface area contributed by atoms with Crippen LogP contribution in [0.3, 0.4) is 0 Å². The van der Waals surface area contributed by atoms with Gasteiger partial charge in [-0.1, -0.05) is 15.9 Å². The Morgan fingerprint density at radius 2 is 2.38 bits per heavy atom. The number of benzene rings is 1. The molecule has 1 saturated heterocycles. The van der Waals surface area contributed by atoms with Crippen LogP contribution < -0.4 is 5.56 Å². The zero-order chi connectivity index (χ0) is 14.4. The predicted octanol–water partition coefficient (Wildman–Crippen LogP) is 2.82. The first-order valence-electron chi connectivity index (χ1n) is 7.00. The molecule has 1 fully saturated rings. The van der Waals surface area contributed by atoms with Crippen molar-refractivity contribution in [2.75, 3.05) is 6.61 Å². The quantitative estimate of drug-likeness (QED) is 0.775. The summed E-state index contributed by atoms with van der Waals surface area (Å²) in [6, 6.07) is 5.87. The lowest BCUT2D eigenvalue weighted by atomic mass is 10.2. The topological polar surface area (TPSA) is 59.9 Å². The van der Waals surface area contributed by atoms with Crippen molar-refractivity contribution in [3.63, 3.8) is 0 Å². The molecule has 1 aliphatic heterocycles. The summed E-state index contributed by atoms with van der Waals surface area (Å²) in [7, 11) is 0. The summed E-state index contributed by atoms with van der Waals surface area (Å²) in [6.07, 6.45) is 3.82. The van der Waals surface area contributed by atoms with Crippen molar-refractivity contribution in [2.45, 2.75) is 25.5 Å². The summed E-state index contributed by atoms with van der Waals surface area (Å²) < 4.78 is 8.21. The standard InChI is InChI=1S/C15H14BrN3O2/c16-9-3-4-12-11(6-9)13-14(18-12)15(20)19(8-17-13)7-10-2-1-5-21-10/h3-4,6,8,10,18H,1-2,5,7H2/t10-/m0/s1. The Hall–Kier alpha value is -1.66. The number of aromatic nitrogens is 3. The van der Waals surface area contributed by atoms with E-state index in [-0.39, 0.29) is 11.7 Å². The summed E-state index contributed by atoms with van der Waals surface area (Å²) >= 11 is 3.45. The van der Waals surface area contributed by atoms with Gasteiger partial charge in [0, 0.05) is 22.0 Å². The summed E-state index contributed by atoms with van der Waals surface area (Å²) in [5, 5.41) is 0.959. The maximum absolute atomic E-state index is 12.6. The molecule has 0 spiro atoms. The highest BCUT2D eigenvalue weighted by Gasteiger charge is 2.18. The molecule has 1 atom stereocenters. The van der Waals surface area contributed by atoms with Crippen molar-refractivity contribution in [3.05, 3.63) is 39.4 Å². The third kappa shape index (κ3) is 2.18. The van der Waals surface area contributed by atoms with E-state index in [1.54, 1.807) is 10.9 Å². The van der Waals surface area contributed by atoms with Gasteiger partial charge in [0.1, 0.15) is 11.0 Å². The molecule has 1 N–H and O–H groups in total. The molecule has 0 saturated carbocycles. The minimum atomic E-state index is -0.0391. The fourth-order valence-electron chi connectivity index (χ4n) is 2.90. The molecule has 0 bridgehead atoms. The van der Waals surface area contributed by atoms with Gasteiger partial charge in [-0.05, 0) is 31.0 Å². The van der Waals surface area contributed by atoms with Crippen LogP contribution >= 0.6 is 15.9 Å². The fourth-order valence-corrected chi connectivity index (χ4v) is 3.26. The summed E-state index contributed by atoms with van der Waals surface area (Å²) in [6.45, 7) is 1.36. The highest BCUT2D eigenvalue weighted by Crippen LogP contribution is 2.25. The van der Waals surface area contributed by atoms with Gasteiger partial charge >= 0.3 is 0 Å². The van der Waals surface area contributed by atoms with Crippen molar-refractivity contribution >= 4 is 37.9 Å². The van der Waals surface area contributed by atoms with Crippen molar-refractivity contribution in [3.8, 4) is 0 Å². The average Bonchev–Trinajstić information content (AvgIpc) is 3.09. The van der Waals surface area contributed by atoms with Crippen LogP contribution in [-0.2, 0) is 11.3 Å². The van der Waals surface area contributed by atoms with Gasteiger partial charge in [0.05, 0.1) is 19.0 Å². The number of nitrogens with one attached hydrogen (secondary N) is 1. The Morgan fingerprint density at radius 1 is 1.48 bits per heavy atom. The molecule has 108 valence electrons. The van der Waals surface area contributed by atoms with E-state index in [0.717, 1.165) is 40.3 Å². The van der Waals surface area contributed by atoms with Gasteiger partial charge in [-0.3, -0.25) is 9.36 Å². The van der Waals surface area contributed by atoms with Crippen molar-refractivity contribution < 1.29 is 4.74 Å². The van der Waals surface area contributed by atoms with Gasteiger partial charge in [0.2, 0.25) is 0 Å². The Balaban J connectivity index is 1.86. The number of hydrogen-bond acceptors (Lipinski definition) is 3. The second-order valence-electron chi connectivity index (χ2n) is 5.38. The van der Waals surface area contributed by atoms with E-state index in [1.807, 2.05) is 18.2 Å². The monoisotopic (exact) mass is 347 g/mol. The molecule has 1 aliphatic rings. The van der Waals surface area contributed by atoms with E-state index < -0.39 is 0 Å². The third-order valence-corrected chi connectivity index (χ3v) is 4.45. The van der Waals surface area contributed by atoms with E-state index in [2.05, 4.69) is 25.9 Å². The predicted molar refractivity (Wildman–Crippen MR) is 84.5 cm³/mol. The second kappa shape index (κ2) is 4.96. The molecule has 4 rings (SSSR count). The zero-order valence-corrected chi connectivity index (χ0v) is 12.9. The lowest BCUT2D eigenvalue weighted by Gasteiger charge is -2.10. The highest BCUT2D eigenvalue weighted by atomic mass is 79.9. The van der Waals surface area contributed by atoms with E-state index in [4.69, 9.17) is 4.74 Å². The van der Waals surface area contributed by atoms with Crippen LogP contribution in [0.25, 0.3) is 21.9 Å². The molecule has 2 aromatic heterocycles. The number of rotatable bonds is 2. The number of hydrogen-bond donors (Lipinski definition) is 1. The lowest BCUT2D eigenvalue weighted by Crippen LogP contribution is -2.26. The van der Waals surface area contributed by atoms with Gasteiger partial charge in [-0.25, -0.2) is 4.98 Å². The maximum atomic E-state index is 12.6. The average molecular weight is 348 g/mol. The summed E-state index contributed by atoms with van der Waals surface area (Å²) in [5.41, 5.74) is 2.17. The van der Waals surface area contributed by atoms with E-state index >= 15 is 0 Å². The number of halogens is 1. The molecule has 0 amide bonds. The number of nitrogens with zero attached hydrogens (tertiary/aromatic N) is 2. The Morgan fingerprint density at radius 3 is 3.19 bits per heavy atom. The number of fused-ring (bicyclic) bond motifs is 3. The lowest BCUT2D eigenvalue weighted by molar-refractivity contribution is 0.0960. The van der Waals surface area contributed by atoms with E-state index in [1.165, 1.54) is 0 Å². The van der Waals surface area contributed by atoms with Crippen LogP contribution in [0, 0.1) is 0 Å². The van der Waals surface area contributed by atoms with Crippen LogP contribution in [0.4, 0.5) is 0 Å². The van der Waals surface area contributed by atoms with Gasteiger partial charge in [-0.15, -0.1) is 0 Å². The van der Waals surface area contributed by atoms with Gasteiger partial charge in [0.15, 0.2) is 0 Å². The minimum Gasteiger partial charge on any atom is -0.376 e. The first kappa shape index (κ1) is 13.0. The Bertz CT molecular complexity index is 878. The molecule has 0 radical (unpaired) electrons. The summed E-state index contributed by atoms with van der Waals surface area (Å²) in [5.74, 6) is 0. The molecule has 1 aromatic carbocycles.